The summed E-state index contributed by atoms with van der Waals surface area (Å²) >= 11 is 5.87. The van der Waals surface area contributed by atoms with Gasteiger partial charge in [0.25, 0.3) is 0 Å². The highest BCUT2D eigenvalue weighted by Crippen LogP contribution is 2.25. The maximum Gasteiger partial charge on any atom is 0.196 e. The number of carbonyl (C=O) groups excluding carboxylic acids is 1. The molecule has 20 heavy (non-hydrogen) atoms. The Balaban J connectivity index is 2.21. The van der Waals surface area contributed by atoms with E-state index in [4.69, 9.17) is 11.6 Å². The van der Waals surface area contributed by atoms with Crippen LogP contribution in [0, 0.1) is 5.82 Å². The Labute approximate surface area is 119 Å². The molecule has 0 aliphatic carbocycles. The molecule has 2 nitrogen and oxygen atoms in total. The molecule has 0 fully saturated rings. The molecule has 0 N–H and O–H groups in total. The van der Waals surface area contributed by atoms with Crippen LogP contribution in [0.15, 0.2) is 54.7 Å². The van der Waals surface area contributed by atoms with E-state index in [0.717, 1.165) is 5.39 Å². The first-order chi connectivity index (χ1) is 9.68. The number of para-hydroxylation sites is 1. The average Bonchev–Trinajstić information content (AvgIpc) is 2.49. The number of nitrogens with zero attached hydrogens (tertiary/aromatic N) is 1. The second kappa shape index (κ2) is 5.02. The molecule has 0 amide bonds. The summed E-state index contributed by atoms with van der Waals surface area (Å²) in [6.07, 6.45) is 1.62. The van der Waals surface area contributed by atoms with Crippen LogP contribution in [0.4, 0.5) is 4.39 Å². The molecule has 0 saturated heterocycles. The molecular formula is C16H9ClFNO. The van der Waals surface area contributed by atoms with E-state index in [9.17, 15) is 9.18 Å². The fraction of sp³-hybridized carbons (Fsp3) is 0. The summed E-state index contributed by atoms with van der Waals surface area (Å²) in [6.45, 7) is 0. The van der Waals surface area contributed by atoms with Crippen LogP contribution in [0.2, 0.25) is 5.02 Å². The van der Waals surface area contributed by atoms with Crippen molar-refractivity contribution >= 4 is 28.3 Å². The van der Waals surface area contributed by atoms with Gasteiger partial charge in [-0.1, -0.05) is 35.9 Å². The van der Waals surface area contributed by atoms with E-state index in [2.05, 4.69) is 4.98 Å². The molecule has 0 radical (unpaired) electrons. The number of halogens is 2. The van der Waals surface area contributed by atoms with Crippen molar-refractivity contribution in [2.75, 3.05) is 0 Å². The monoisotopic (exact) mass is 285 g/mol. The number of fused-ring (bicyclic) bond motifs is 1. The van der Waals surface area contributed by atoms with Gasteiger partial charge < -0.3 is 0 Å². The number of ketones is 1. The van der Waals surface area contributed by atoms with Crippen molar-refractivity contribution in [3.05, 3.63) is 76.7 Å². The van der Waals surface area contributed by atoms with Crippen LogP contribution in [0.1, 0.15) is 15.9 Å². The molecule has 0 aliphatic heterocycles. The third-order valence-corrected chi connectivity index (χ3v) is 3.46. The lowest BCUT2D eigenvalue weighted by atomic mass is 10.0. The highest BCUT2D eigenvalue weighted by molar-refractivity contribution is 6.35. The number of benzene rings is 2. The van der Waals surface area contributed by atoms with Gasteiger partial charge in [-0.25, -0.2) is 4.39 Å². The third kappa shape index (κ3) is 2.06. The van der Waals surface area contributed by atoms with Crippen LogP contribution >= 0.6 is 11.6 Å². The highest BCUT2D eigenvalue weighted by Gasteiger charge is 2.17. The van der Waals surface area contributed by atoms with Crippen LogP contribution in [0.25, 0.3) is 10.9 Å². The first kappa shape index (κ1) is 12.8. The smallest absolute Gasteiger partial charge is 0.196 e. The molecule has 3 rings (SSSR count). The van der Waals surface area contributed by atoms with E-state index in [1.807, 2.05) is 12.1 Å². The minimum atomic E-state index is -0.606. The average molecular weight is 286 g/mol. The Hall–Kier alpha value is -2.26. The van der Waals surface area contributed by atoms with Gasteiger partial charge in [0.1, 0.15) is 5.82 Å². The predicted octanol–water partition coefficient (Wildman–Crippen LogP) is 4.26. The Morgan fingerprint density at radius 2 is 1.70 bits per heavy atom. The fourth-order valence-corrected chi connectivity index (χ4v) is 2.32. The third-order valence-electron chi connectivity index (χ3n) is 3.07. The largest absolute Gasteiger partial charge is 0.288 e. The Kier molecular flexibility index (Phi) is 3.20. The lowest BCUT2D eigenvalue weighted by molar-refractivity contribution is 0.104. The molecule has 0 atom stereocenters. The molecule has 98 valence electrons. The predicted molar refractivity (Wildman–Crippen MR) is 76.6 cm³/mol. The van der Waals surface area contributed by atoms with Crippen molar-refractivity contribution in [3.63, 3.8) is 0 Å². The van der Waals surface area contributed by atoms with Crippen LogP contribution in [-0.4, -0.2) is 10.8 Å². The Morgan fingerprint density at radius 1 is 1.00 bits per heavy atom. The molecule has 3 aromatic rings. The summed E-state index contributed by atoms with van der Waals surface area (Å²) < 4.78 is 13.5. The number of aromatic nitrogens is 1. The summed E-state index contributed by atoms with van der Waals surface area (Å²) in [5, 5.41) is 0.691. The van der Waals surface area contributed by atoms with Crippen molar-refractivity contribution in [1.82, 2.24) is 4.98 Å². The fourth-order valence-electron chi connectivity index (χ4n) is 2.11. The van der Waals surface area contributed by atoms with E-state index < -0.39 is 5.82 Å². The SMILES string of the molecule is O=C(c1cccc(F)c1Cl)c1cccc2cccnc12. The topological polar surface area (TPSA) is 30.0 Å². The molecule has 0 saturated carbocycles. The molecule has 2 aromatic carbocycles. The molecule has 0 unspecified atom stereocenters. The van der Waals surface area contributed by atoms with Crippen molar-refractivity contribution in [3.8, 4) is 0 Å². The quantitative estimate of drug-likeness (QED) is 0.659. The Morgan fingerprint density at radius 3 is 2.55 bits per heavy atom. The van der Waals surface area contributed by atoms with E-state index >= 15 is 0 Å². The van der Waals surface area contributed by atoms with Gasteiger partial charge in [-0.15, -0.1) is 0 Å². The molecule has 1 heterocycles. The van der Waals surface area contributed by atoms with Crippen molar-refractivity contribution in [2.24, 2.45) is 0 Å². The number of rotatable bonds is 2. The molecular weight excluding hydrogens is 277 g/mol. The first-order valence-electron chi connectivity index (χ1n) is 6.01. The van der Waals surface area contributed by atoms with Crippen LogP contribution < -0.4 is 0 Å². The Bertz CT molecular complexity index is 811. The maximum atomic E-state index is 13.5. The second-order valence-corrected chi connectivity index (χ2v) is 4.69. The van der Waals surface area contributed by atoms with Crippen molar-refractivity contribution < 1.29 is 9.18 Å². The molecule has 0 spiro atoms. The van der Waals surface area contributed by atoms with Crippen LogP contribution in [-0.2, 0) is 0 Å². The van der Waals surface area contributed by atoms with Crippen LogP contribution in [0.3, 0.4) is 0 Å². The van der Waals surface area contributed by atoms with E-state index in [0.29, 0.717) is 11.1 Å². The first-order valence-corrected chi connectivity index (χ1v) is 6.39. The normalized spacial score (nSPS) is 10.7. The zero-order chi connectivity index (χ0) is 14.1. The van der Waals surface area contributed by atoms with Crippen molar-refractivity contribution in [1.29, 1.82) is 0 Å². The van der Waals surface area contributed by atoms with Crippen LogP contribution in [0.5, 0.6) is 0 Å². The molecule has 0 bridgehead atoms. The summed E-state index contributed by atoms with van der Waals surface area (Å²) in [5.74, 6) is -0.940. The van der Waals surface area contributed by atoms with E-state index in [-0.39, 0.29) is 16.4 Å². The van der Waals surface area contributed by atoms with Gasteiger partial charge in [0.2, 0.25) is 0 Å². The van der Waals surface area contributed by atoms with Gasteiger partial charge in [0.15, 0.2) is 5.78 Å². The minimum Gasteiger partial charge on any atom is -0.288 e. The molecule has 1 aromatic heterocycles. The highest BCUT2D eigenvalue weighted by atomic mass is 35.5. The van der Waals surface area contributed by atoms with E-state index in [1.54, 1.807) is 24.4 Å². The summed E-state index contributed by atoms with van der Waals surface area (Å²) in [5.41, 5.74) is 1.14. The molecule has 4 heteroatoms. The zero-order valence-electron chi connectivity index (χ0n) is 10.3. The zero-order valence-corrected chi connectivity index (χ0v) is 11.1. The summed E-state index contributed by atoms with van der Waals surface area (Å²) in [6, 6.07) is 13.2. The van der Waals surface area contributed by atoms with Gasteiger partial charge in [-0.2, -0.15) is 0 Å². The van der Waals surface area contributed by atoms with Gasteiger partial charge in [-0.05, 0) is 24.3 Å². The van der Waals surface area contributed by atoms with Gasteiger partial charge in [0.05, 0.1) is 10.5 Å². The maximum absolute atomic E-state index is 13.5. The standard InChI is InChI=1S/C16H9ClFNO/c17-14-11(6-2-8-13(14)18)16(20)12-7-1-4-10-5-3-9-19-15(10)12/h1-9H. The molecule has 0 aliphatic rings. The number of pyridine rings is 1. The number of hydrogen-bond acceptors (Lipinski definition) is 2. The lowest BCUT2D eigenvalue weighted by Gasteiger charge is -2.07. The number of hydrogen-bond donors (Lipinski definition) is 0. The van der Waals surface area contributed by atoms with Crippen molar-refractivity contribution in [2.45, 2.75) is 0 Å². The number of carbonyl (C=O) groups is 1. The summed E-state index contributed by atoms with van der Waals surface area (Å²) in [4.78, 5) is 16.8. The minimum absolute atomic E-state index is 0.143. The second-order valence-electron chi connectivity index (χ2n) is 4.31. The van der Waals surface area contributed by atoms with Gasteiger partial charge in [0, 0.05) is 22.7 Å². The van der Waals surface area contributed by atoms with Gasteiger partial charge >= 0.3 is 0 Å². The summed E-state index contributed by atoms with van der Waals surface area (Å²) in [7, 11) is 0. The lowest BCUT2D eigenvalue weighted by Crippen LogP contribution is -2.04. The van der Waals surface area contributed by atoms with E-state index in [1.165, 1.54) is 18.2 Å². The van der Waals surface area contributed by atoms with Gasteiger partial charge in [-0.3, -0.25) is 9.78 Å².